The van der Waals surface area contributed by atoms with E-state index < -0.39 is 10.0 Å². The molecule has 0 saturated carbocycles. The van der Waals surface area contributed by atoms with E-state index in [0.29, 0.717) is 37.6 Å². The topological polar surface area (TPSA) is 94.0 Å². The average molecular weight is 433 g/mol. The van der Waals surface area contributed by atoms with Crippen LogP contribution in [0.5, 0.6) is 0 Å². The summed E-state index contributed by atoms with van der Waals surface area (Å²) in [5.74, 6) is 0.256. The van der Waals surface area contributed by atoms with E-state index in [2.05, 4.69) is 9.88 Å². The molecule has 1 saturated heterocycles. The van der Waals surface area contributed by atoms with Crippen molar-refractivity contribution < 1.29 is 18.3 Å². The second-order valence-electron chi connectivity index (χ2n) is 7.26. The number of hydrogen-bond acceptors (Lipinski definition) is 6. The third-order valence-corrected chi connectivity index (χ3v) is 7.42. The minimum Gasteiger partial charge on any atom is -0.395 e. The Morgan fingerprint density at radius 3 is 2.33 bits per heavy atom. The fourth-order valence-corrected chi connectivity index (χ4v) is 5.00. The highest BCUT2D eigenvalue weighted by molar-refractivity contribution is 7.89. The van der Waals surface area contributed by atoms with E-state index in [1.165, 1.54) is 33.5 Å². The fourth-order valence-electron chi connectivity index (χ4n) is 3.58. The molecule has 1 fully saturated rings. The van der Waals surface area contributed by atoms with Gasteiger partial charge in [0.25, 0.3) is 5.91 Å². The van der Waals surface area contributed by atoms with Gasteiger partial charge in [0, 0.05) is 51.0 Å². The van der Waals surface area contributed by atoms with Crippen molar-refractivity contribution in [2.45, 2.75) is 24.3 Å². The number of nitrogens with zero attached hydrogens (tertiary/aromatic N) is 4. The SMILES string of the molecule is CCC(CO)N1CCN(S(=O)(=O)c2ccc(C(=O)N(C)c3ccccn3)cc2)CC1. The van der Waals surface area contributed by atoms with Crippen LogP contribution in [0.4, 0.5) is 5.82 Å². The first-order valence-electron chi connectivity index (χ1n) is 10.0. The number of anilines is 1. The average Bonchev–Trinajstić information content (AvgIpc) is 2.80. The molecule has 162 valence electrons. The second-order valence-corrected chi connectivity index (χ2v) is 9.20. The largest absolute Gasteiger partial charge is 0.395 e. The molecule has 0 bridgehead atoms. The number of piperazine rings is 1. The van der Waals surface area contributed by atoms with Crippen LogP contribution in [0.15, 0.2) is 53.6 Å². The highest BCUT2D eigenvalue weighted by Gasteiger charge is 2.30. The highest BCUT2D eigenvalue weighted by atomic mass is 32.2. The maximum absolute atomic E-state index is 13.0. The zero-order valence-electron chi connectivity index (χ0n) is 17.3. The summed E-state index contributed by atoms with van der Waals surface area (Å²) in [6, 6.07) is 11.4. The van der Waals surface area contributed by atoms with Crippen molar-refractivity contribution in [3.05, 3.63) is 54.2 Å². The van der Waals surface area contributed by atoms with Crippen molar-refractivity contribution in [2.24, 2.45) is 0 Å². The van der Waals surface area contributed by atoms with Crippen molar-refractivity contribution in [3.63, 3.8) is 0 Å². The summed E-state index contributed by atoms with van der Waals surface area (Å²) in [6.45, 7) is 4.02. The minimum absolute atomic E-state index is 0.0660. The van der Waals surface area contributed by atoms with Crippen LogP contribution >= 0.6 is 0 Å². The van der Waals surface area contributed by atoms with Gasteiger partial charge in [0.15, 0.2) is 0 Å². The van der Waals surface area contributed by atoms with Crippen molar-refractivity contribution in [1.29, 1.82) is 0 Å². The number of aliphatic hydroxyl groups excluding tert-OH is 1. The monoisotopic (exact) mass is 432 g/mol. The number of aromatic nitrogens is 1. The zero-order chi connectivity index (χ0) is 21.7. The van der Waals surface area contributed by atoms with Gasteiger partial charge in [-0.15, -0.1) is 0 Å². The molecule has 2 heterocycles. The van der Waals surface area contributed by atoms with Crippen LogP contribution in [0, 0.1) is 0 Å². The lowest BCUT2D eigenvalue weighted by Crippen LogP contribution is -2.52. The number of hydrogen-bond donors (Lipinski definition) is 1. The number of carbonyl (C=O) groups excluding carboxylic acids is 1. The summed E-state index contributed by atoms with van der Waals surface area (Å²) >= 11 is 0. The van der Waals surface area contributed by atoms with Crippen LogP contribution in [0.3, 0.4) is 0 Å². The summed E-state index contributed by atoms with van der Waals surface area (Å²) in [7, 11) is -2.00. The molecule has 1 unspecified atom stereocenters. The molecular formula is C21H28N4O4S. The molecule has 2 aromatic rings. The Labute approximate surface area is 177 Å². The summed E-state index contributed by atoms with van der Waals surface area (Å²) in [5, 5.41) is 9.46. The lowest BCUT2D eigenvalue weighted by Gasteiger charge is -2.37. The van der Waals surface area contributed by atoms with E-state index in [1.807, 2.05) is 6.92 Å². The van der Waals surface area contributed by atoms with Gasteiger partial charge < -0.3 is 5.11 Å². The van der Waals surface area contributed by atoms with E-state index in [9.17, 15) is 18.3 Å². The predicted octanol–water partition coefficient (Wildman–Crippen LogP) is 1.44. The van der Waals surface area contributed by atoms with E-state index >= 15 is 0 Å². The van der Waals surface area contributed by atoms with Gasteiger partial charge in [0.05, 0.1) is 11.5 Å². The Morgan fingerprint density at radius 1 is 1.13 bits per heavy atom. The van der Waals surface area contributed by atoms with Crippen LogP contribution in [-0.2, 0) is 10.0 Å². The summed E-state index contributed by atoms with van der Waals surface area (Å²) in [5.41, 5.74) is 0.389. The minimum atomic E-state index is -3.63. The molecule has 1 aromatic heterocycles. The molecule has 1 N–H and O–H groups in total. The maximum Gasteiger partial charge on any atom is 0.259 e. The molecule has 1 amide bonds. The summed E-state index contributed by atoms with van der Waals surface area (Å²) in [4.78, 5) is 20.5. The van der Waals surface area contributed by atoms with Crippen LogP contribution in [0.25, 0.3) is 0 Å². The normalized spacial score (nSPS) is 16.9. The van der Waals surface area contributed by atoms with Gasteiger partial charge in [-0.1, -0.05) is 13.0 Å². The third kappa shape index (κ3) is 4.70. The number of benzene rings is 1. The van der Waals surface area contributed by atoms with Crippen molar-refractivity contribution >= 4 is 21.7 Å². The van der Waals surface area contributed by atoms with Gasteiger partial charge in [-0.25, -0.2) is 13.4 Å². The summed E-state index contributed by atoms with van der Waals surface area (Å²) < 4.78 is 27.4. The van der Waals surface area contributed by atoms with Gasteiger partial charge in [-0.3, -0.25) is 14.6 Å². The Kier molecular flexibility index (Phi) is 7.19. The number of rotatable bonds is 7. The van der Waals surface area contributed by atoms with Gasteiger partial charge in [0.1, 0.15) is 5.82 Å². The lowest BCUT2D eigenvalue weighted by molar-refractivity contribution is 0.0881. The molecule has 1 aromatic carbocycles. The molecule has 0 spiro atoms. The molecular weight excluding hydrogens is 404 g/mol. The van der Waals surface area contributed by atoms with Crippen LogP contribution < -0.4 is 4.90 Å². The van der Waals surface area contributed by atoms with Crippen LogP contribution in [-0.4, -0.2) is 79.5 Å². The molecule has 9 heteroatoms. The Balaban J connectivity index is 1.69. The lowest BCUT2D eigenvalue weighted by atomic mass is 10.2. The van der Waals surface area contributed by atoms with Gasteiger partial charge in [0.2, 0.25) is 10.0 Å². The molecule has 1 aliphatic heterocycles. The Bertz CT molecular complexity index is 939. The van der Waals surface area contributed by atoms with E-state index in [1.54, 1.807) is 31.4 Å². The molecule has 3 rings (SSSR count). The number of aliphatic hydroxyl groups is 1. The highest BCUT2D eigenvalue weighted by Crippen LogP contribution is 2.20. The van der Waals surface area contributed by atoms with Crippen LogP contribution in [0.1, 0.15) is 23.7 Å². The van der Waals surface area contributed by atoms with E-state index in [4.69, 9.17) is 0 Å². The Hall–Kier alpha value is -2.33. The van der Waals surface area contributed by atoms with Crippen LogP contribution in [0.2, 0.25) is 0 Å². The number of amides is 1. The standard InChI is InChI=1S/C21H28N4O4S/c1-3-18(16-26)24-12-14-25(15-13-24)30(28,29)19-9-7-17(8-10-19)21(27)23(2)20-6-4-5-11-22-20/h4-11,18,26H,3,12-16H2,1-2H3. The molecule has 0 aliphatic carbocycles. The quantitative estimate of drug-likeness (QED) is 0.712. The predicted molar refractivity (Wildman–Crippen MR) is 115 cm³/mol. The maximum atomic E-state index is 13.0. The Morgan fingerprint density at radius 2 is 1.80 bits per heavy atom. The number of pyridine rings is 1. The van der Waals surface area contributed by atoms with Crippen molar-refractivity contribution in [2.75, 3.05) is 44.7 Å². The third-order valence-electron chi connectivity index (χ3n) is 5.51. The smallest absolute Gasteiger partial charge is 0.259 e. The van der Waals surface area contributed by atoms with Crippen molar-refractivity contribution in [3.8, 4) is 0 Å². The molecule has 8 nitrogen and oxygen atoms in total. The number of carbonyl (C=O) groups is 1. The summed E-state index contributed by atoms with van der Waals surface area (Å²) in [6.07, 6.45) is 2.43. The van der Waals surface area contributed by atoms with E-state index in [-0.39, 0.29) is 23.5 Å². The van der Waals surface area contributed by atoms with Gasteiger partial charge in [-0.05, 0) is 42.8 Å². The van der Waals surface area contributed by atoms with Gasteiger partial charge in [-0.2, -0.15) is 4.31 Å². The first-order valence-corrected chi connectivity index (χ1v) is 11.5. The van der Waals surface area contributed by atoms with Crippen molar-refractivity contribution in [1.82, 2.24) is 14.2 Å². The molecule has 0 radical (unpaired) electrons. The van der Waals surface area contributed by atoms with E-state index in [0.717, 1.165) is 6.42 Å². The molecule has 1 atom stereocenters. The van der Waals surface area contributed by atoms with Gasteiger partial charge >= 0.3 is 0 Å². The zero-order valence-corrected chi connectivity index (χ0v) is 18.1. The fraction of sp³-hybridized carbons (Fsp3) is 0.429. The first kappa shape index (κ1) is 22.4. The molecule has 30 heavy (non-hydrogen) atoms. The first-order chi connectivity index (χ1) is 14.4. The second kappa shape index (κ2) is 9.65. The molecule has 1 aliphatic rings. The number of sulfonamides is 1.